The van der Waals surface area contributed by atoms with Crippen molar-refractivity contribution in [3.8, 4) is 11.5 Å². The second-order valence-electron chi connectivity index (χ2n) is 4.32. The number of hydrogen-bond donors (Lipinski definition) is 1. The summed E-state index contributed by atoms with van der Waals surface area (Å²) in [5.41, 5.74) is 7.17. The summed E-state index contributed by atoms with van der Waals surface area (Å²) in [6, 6.07) is 12.7. The van der Waals surface area contributed by atoms with Crippen LogP contribution < -0.4 is 10.5 Å². The molecule has 0 aromatic heterocycles. The van der Waals surface area contributed by atoms with Crippen molar-refractivity contribution in [2.75, 3.05) is 6.54 Å². The highest BCUT2D eigenvalue weighted by Gasteiger charge is 2.11. The zero-order chi connectivity index (χ0) is 13.7. The van der Waals surface area contributed by atoms with Crippen molar-refractivity contribution >= 4 is 0 Å². The van der Waals surface area contributed by atoms with Gasteiger partial charge in [-0.1, -0.05) is 31.2 Å². The van der Waals surface area contributed by atoms with Crippen molar-refractivity contribution in [1.29, 1.82) is 0 Å². The fourth-order valence-corrected chi connectivity index (χ4v) is 2.04. The van der Waals surface area contributed by atoms with E-state index < -0.39 is 0 Å². The zero-order valence-electron chi connectivity index (χ0n) is 11.0. The Morgan fingerprint density at radius 1 is 1.05 bits per heavy atom. The highest BCUT2D eigenvalue weighted by Crippen LogP contribution is 2.29. The molecule has 2 rings (SSSR count). The van der Waals surface area contributed by atoms with Gasteiger partial charge in [0, 0.05) is 5.56 Å². The smallest absolute Gasteiger partial charge is 0.133 e. The Kier molecular flexibility index (Phi) is 4.53. The average molecular weight is 259 g/mol. The van der Waals surface area contributed by atoms with E-state index in [0.717, 1.165) is 17.7 Å². The van der Waals surface area contributed by atoms with Crippen LogP contribution in [0.3, 0.4) is 0 Å². The largest absolute Gasteiger partial charge is 0.457 e. The van der Waals surface area contributed by atoms with Crippen molar-refractivity contribution in [3.05, 3.63) is 59.4 Å². The van der Waals surface area contributed by atoms with Gasteiger partial charge in [0.1, 0.15) is 17.3 Å². The summed E-state index contributed by atoms with van der Waals surface area (Å²) in [6.07, 6.45) is 1.34. The van der Waals surface area contributed by atoms with Crippen LogP contribution in [-0.2, 0) is 12.8 Å². The Hall–Kier alpha value is -1.87. The van der Waals surface area contributed by atoms with Gasteiger partial charge in [-0.3, -0.25) is 0 Å². The molecule has 0 atom stereocenters. The van der Waals surface area contributed by atoms with E-state index >= 15 is 0 Å². The molecule has 0 aliphatic rings. The average Bonchev–Trinajstić information content (AvgIpc) is 2.43. The van der Waals surface area contributed by atoms with E-state index in [9.17, 15) is 4.39 Å². The van der Waals surface area contributed by atoms with Gasteiger partial charge in [0.15, 0.2) is 0 Å². The second kappa shape index (κ2) is 6.34. The Morgan fingerprint density at radius 2 is 1.79 bits per heavy atom. The predicted molar refractivity (Wildman–Crippen MR) is 75.1 cm³/mol. The molecule has 0 saturated heterocycles. The van der Waals surface area contributed by atoms with Crippen molar-refractivity contribution < 1.29 is 9.13 Å². The summed E-state index contributed by atoms with van der Waals surface area (Å²) in [6.45, 7) is 2.46. The summed E-state index contributed by atoms with van der Waals surface area (Å²) in [5, 5.41) is 0. The van der Waals surface area contributed by atoms with Crippen molar-refractivity contribution in [1.82, 2.24) is 0 Å². The monoisotopic (exact) mass is 259 g/mol. The quantitative estimate of drug-likeness (QED) is 0.889. The number of ether oxygens (including phenoxy) is 1. The number of hydrogen-bond acceptors (Lipinski definition) is 2. The SMILES string of the molecule is CCc1ccccc1Oc1cccc(F)c1CCN. The molecule has 0 saturated carbocycles. The van der Waals surface area contributed by atoms with E-state index in [4.69, 9.17) is 10.5 Å². The fraction of sp³-hybridized carbons (Fsp3) is 0.250. The normalized spacial score (nSPS) is 10.5. The number of para-hydroxylation sites is 1. The van der Waals surface area contributed by atoms with Gasteiger partial charge in [0.2, 0.25) is 0 Å². The molecule has 3 heteroatoms. The van der Waals surface area contributed by atoms with Crippen molar-refractivity contribution in [2.24, 2.45) is 5.73 Å². The molecule has 0 heterocycles. The van der Waals surface area contributed by atoms with Crippen LogP contribution in [0.4, 0.5) is 4.39 Å². The standard InChI is InChI=1S/C16H18FNO/c1-2-12-6-3-4-8-15(12)19-16-9-5-7-14(17)13(16)10-11-18/h3-9H,2,10-11,18H2,1H3. The maximum atomic E-state index is 13.8. The van der Waals surface area contributed by atoms with E-state index in [2.05, 4.69) is 6.92 Å². The van der Waals surface area contributed by atoms with Gasteiger partial charge in [-0.05, 0) is 43.1 Å². The summed E-state index contributed by atoms with van der Waals surface area (Å²) in [4.78, 5) is 0. The highest BCUT2D eigenvalue weighted by atomic mass is 19.1. The van der Waals surface area contributed by atoms with Gasteiger partial charge in [0.05, 0.1) is 0 Å². The molecule has 0 radical (unpaired) electrons. The number of halogens is 1. The first-order valence-corrected chi connectivity index (χ1v) is 6.49. The third kappa shape index (κ3) is 3.12. The van der Waals surface area contributed by atoms with Gasteiger partial charge in [-0.15, -0.1) is 0 Å². The minimum absolute atomic E-state index is 0.267. The molecule has 0 aliphatic heterocycles. The molecule has 2 aromatic carbocycles. The Morgan fingerprint density at radius 3 is 2.53 bits per heavy atom. The lowest BCUT2D eigenvalue weighted by Crippen LogP contribution is -2.06. The predicted octanol–water partition coefficient (Wildman–Crippen LogP) is 3.68. The number of benzene rings is 2. The lowest BCUT2D eigenvalue weighted by Gasteiger charge is -2.13. The summed E-state index contributed by atoms with van der Waals surface area (Å²) >= 11 is 0. The molecule has 19 heavy (non-hydrogen) atoms. The van der Waals surface area contributed by atoms with Crippen LogP contribution in [0.5, 0.6) is 11.5 Å². The molecule has 0 fully saturated rings. The molecule has 0 unspecified atom stereocenters. The minimum atomic E-state index is -0.267. The summed E-state index contributed by atoms with van der Waals surface area (Å²) < 4.78 is 19.7. The summed E-state index contributed by atoms with van der Waals surface area (Å²) in [7, 11) is 0. The van der Waals surface area contributed by atoms with E-state index in [-0.39, 0.29) is 5.82 Å². The molecule has 100 valence electrons. The molecule has 2 aromatic rings. The minimum Gasteiger partial charge on any atom is -0.457 e. The van der Waals surface area contributed by atoms with Crippen LogP contribution >= 0.6 is 0 Å². The summed E-state index contributed by atoms with van der Waals surface area (Å²) in [5.74, 6) is 1.05. The van der Waals surface area contributed by atoms with Crippen LogP contribution in [0.15, 0.2) is 42.5 Å². The first-order chi connectivity index (χ1) is 9.26. The van der Waals surface area contributed by atoms with Crippen LogP contribution in [-0.4, -0.2) is 6.54 Å². The third-order valence-corrected chi connectivity index (χ3v) is 3.04. The fourth-order valence-electron chi connectivity index (χ4n) is 2.04. The first kappa shape index (κ1) is 13.6. The molecule has 0 amide bonds. The van der Waals surface area contributed by atoms with E-state index in [1.807, 2.05) is 24.3 Å². The lowest BCUT2D eigenvalue weighted by atomic mass is 10.1. The van der Waals surface area contributed by atoms with Crippen molar-refractivity contribution in [2.45, 2.75) is 19.8 Å². The van der Waals surface area contributed by atoms with E-state index in [0.29, 0.717) is 24.3 Å². The van der Waals surface area contributed by atoms with Crippen LogP contribution in [0, 0.1) is 5.82 Å². The maximum absolute atomic E-state index is 13.8. The first-order valence-electron chi connectivity index (χ1n) is 6.49. The molecule has 2 nitrogen and oxygen atoms in total. The lowest BCUT2D eigenvalue weighted by molar-refractivity contribution is 0.462. The van der Waals surface area contributed by atoms with Crippen LogP contribution in [0.1, 0.15) is 18.1 Å². The van der Waals surface area contributed by atoms with Gasteiger partial charge in [0.25, 0.3) is 0 Å². The topological polar surface area (TPSA) is 35.2 Å². The van der Waals surface area contributed by atoms with Gasteiger partial charge in [-0.25, -0.2) is 4.39 Å². The van der Waals surface area contributed by atoms with E-state index in [1.54, 1.807) is 12.1 Å². The molecule has 2 N–H and O–H groups in total. The third-order valence-electron chi connectivity index (χ3n) is 3.04. The second-order valence-corrected chi connectivity index (χ2v) is 4.32. The number of nitrogens with two attached hydrogens (primary N) is 1. The maximum Gasteiger partial charge on any atom is 0.133 e. The Labute approximate surface area is 113 Å². The molecular formula is C16H18FNO. The molecular weight excluding hydrogens is 241 g/mol. The molecule has 0 bridgehead atoms. The van der Waals surface area contributed by atoms with Gasteiger partial charge in [-0.2, -0.15) is 0 Å². The van der Waals surface area contributed by atoms with Crippen LogP contribution in [0.25, 0.3) is 0 Å². The Balaban J connectivity index is 2.35. The number of aryl methyl sites for hydroxylation is 1. The zero-order valence-corrected chi connectivity index (χ0v) is 11.0. The van der Waals surface area contributed by atoms with Crippen LogP contribution in [0.2, 0.25) is 0 Å². The van der Waals surface area contributed by atoms with Gasteiger partial charge >= 0.3 is 0 Å². The van der Waals surface area contributed by atoms with Gasteiger partial charge < -0.3 is 10.5 Å². The highest BCUT2D eigenvalue weighted by molar-refractivity contribution is 5.42. The Bertz CT molecular complexity index is 554. The van der Waals surface area contributed by atoms with E-state index in [1.165, 1.54) is 6.07 Å². The molecule has 0 spiro atoms. The molecule has 0 aliphatic carbocycles. The number of rotatable bonds is 5. The van der Waals surface area contributed by atoms with Crippen molar-refractivity contribution in [3.63, 3.8) is 0 Å².